The monoisotopic (exact) mass is 300 g/mol. The third-order valence-electron chi connectivity index (χ3n) is 2.20. The maximum atomic E-state index is 11.7. The molecule has 1 heterocycles. The van der Waals surface area contributed by atoms with Crippen molar-refractivity contribution < 1.29 is 9.53 Å². The zero-order valence-electron chi connectivity index (χ0n) is 9.91. The SMILES string of the molecule is C=CCCOCCNC(=O)c1cc(Br)cn1C. The minimum Gasteiger partial charge on any atom is -0.379 e. The Kier molecular flexibility index (Phi) is 6.00. The topological polar surface area (TPSA) is 43.3 Å². The van der Waals surface area contributed by atoms with Crippen LogP contribution in [-0.4, -0.2) is 30.2 Å². The largest absolute Gasteiger partial charge is 0.379 e. The molecule has 1 rings (SSSR count). The third kappa shape index (κ3) is 4.75. The molecule has 1 aromatic heterocycles. The summed E-state index contributed by atoms with van der Waals surface area (Å²) in [6.07, 6.45) is 4.48. The van der Waals surface area contributed by atoms with E-state index in [0.717, 1.165) is 10.9 Å². The first kappa shape index (κ1) is 14.0. The van der Waals surface area contributed by atoms with E-state index in [-0.39, 0.29) is 5.91 Å². The average molecular weight is 301 g/mol. The van der Waals surface area contributed by atoms with Crippen molar-refractivity contribution in [2.75, 3.05) is 19.8 Å². The Morgan fingerprint density at radius 3 is 3.00 bits per heavy atom. The van der Waals surface area contributed by atoms with Crippen molar-refractivity contribution in [3.05, 3.63) is 35.1 Å². The molecule has 1 N–H and O–H groups in total. The first-order chi connectivity index (χ1) is 8.15. The van der Waals surface area contributed by atoms with Crippen LogP contribution in [0, 0.1) is 0 Å². The number of rotatable bonds is 7. The van der Waals surface area contributed by atoms with Gasteiger partial charge in [0.25, 0.3) is 5.91 Å². The van der Waals surface area contributed by atoms with E-state index in [1.165, 1.54) is 0 Å². The van der Waals surface area contributed by atoms with Gasteiger partial charge in [0.15, 0.2) is 0 Å². The minimum absolute atomic E-state index is 0.0921. The van der Waals surface area contributed by atoms with Crippen LogP contribution >= 0.6 is 15.9 Å². The summed E-state index contributed by atoms with van der Waals surface area (Å²) < 4.78 is 7.97. The molecule has 0 saturated carbocycles. The number of amides is 1. The fourth-order valence-corrected chi connectivity index (χ4v) is 1.87. The van der Waals surface area contributed by atoms with Gasteiger partial charge in [-0.15, -0.1) is 6.58 Å². The average Bonchev–Trinajstić information content (AvgIpc) is 2.62. The second kappa shape index (κ2) is 7.29. The predicted octanol–water partition coefficient (Wildman–Crippen LogP) is 2.11. The Balaban J connectivity index is 2.26. The molecule has 5 heteroatoms. The van der Waals surface area contributed by atoms with Gasteiger partial charge in [-0.25, -0.2) is 0 Å². The van der Waals surface area contributed by atoms with Gasteiger partial charge in [-0.3, -0.25) is 4.79 Å². The van der Waals surface area contributed by atoms with Gasteiger partial charge in [-0.1, -0.05) is 6.08 Å². The highest BCUT2D eigenvalue weighted by atomic mass is 79.9. The second-order valence-corrected chi connectivity index (χ2v) is 4.52. The van der Waals surface area contributed by atoms with Gasteiger partial charge in [0.1, 0.15) is 5.69 Å². The smallest absolute Gasteiger partial charge is 0.268 e. The van der Waals surface area contributed by atoms with Gasteiger partial charge >= 0.3 is 0 Å². The standard InChI is InChI=1S/C12H17BrN2O2/c1-3-4-6-17-7-5-14-12(16)11-8-10(13)9-15(11)2/h3,8-9H,1,4-7H2,2H3,(H,14,16). The number of nitrogens with zero attached hydrogens (tertiary/aromatic N) is 1. The zero-order valence-corrected chi connectivity index (χ0v) is 11.5. The number of nitrogens with one attached hydrogen (secondary N) is 1. The van der Waals surface area contributed by atoms with E-state index in [1.54, 1.807) is 16.7 Å². The van der Waals surface area contributed by atoms with Crippen molar-refractivity contribution >= 4 is 21.8 Å². The number of hydrogen-bond acceptors (Lipinski definition) is 2. The summed E-state index contributed by atoms with van der Waals surface area (Å²) >= 11 is 3.33. The van der Waals surface area contributed by atoms with Crippen LogP contribution in [0.25, 0.3) is 0 Å². The molecule has 0 aliphatic rings. The first-order valence-electron chi connectivity index (χ1n) is 5.44. The van der Waals surface area contributed by atoms with E-state index >= 15 is 0 Å². The van der Waals surface area contributed by atoms with E-state index < -0.39 is 0 Å². The lowest BCUT2D eigenvalue weighted by molar-refractivity contribution is 0.0910. The summed E-state index contributed by atoms with van der Waals surface area (Å²) in [7, 11) is 1.83. The molecule has 0 bridgehead atoms. The summed E-state index contributed by atoms with van der Waals surface area (Å²) in [6, 6.07) is 1.79. The van der Waals surface area contributed by atoms with Crippen LogP contribution < -0.4 is 5.32 Å². The molecular weight excluding hydrogens is 284 g/mol. The van der Waals surface area contributed by atoms with Crippen LogP contribution in [0.3, 0.4) is 0 Å². The molecule has 1 amide bonds. The van der Waals surface area contributed by atoms with Crippen LogP contribution in [0.4, 0.5) is 0 Å². The highest BCUT2D eigenvalue weighted by Crippen LogP contribution is 2.13. The van der Waals surface area contributed by atoms with Gasteiger partial charge < -0.3 is 14.6 Å². The molecule has 0 fully saturated rings. The summed E-state index contributed by atoms with van der Waals surface area (Å²) in [6.45, 7) is 5.28. The predicted molar refractivity (Wildman–Crippen MR) is 71.1 cm³/mol. The Morgan fingerprint density at radius 1 is 1.65 bits per heavy atom. The van der Waals surface area contributed by atoms with E-state index in [1.807, 2.05) is 13.2 Å². The van der Waals surface area contributed by atoms with Gasteiger partial charge in [0, 0.05) is 24.3 Å². The quantitative estimate of drug-likeness (QED) is 0.619. The van der Waals surface area contributed by atoms with Gasteiger partial charge in [0.05, 0.1) is 13.2 Å². The lowest BCUT2D eigenvalue weighted by Gasteiger charge is -2.06. The molecule has 0 radical (unpaired) electrons. The van der Waals surface area contributed by atoms with Crippen LogP contribution in [-0.2, 0) is 11.8 Å². The van der Waals surface area contributed by atoms with Gasteiger partial charge in [-0.2, -0.15) is 0 Å². The van der Waals surface area contributed by atoms with E-state index in [2.05, 4.69) is 27.8 Å². The molecule has 0 spiro atoms. The molecule has 4 nitrogen and oxygen atoms in total. The number of aromatic nitrogens is 1. The normalized spacial score (nSPS) is 10.2. The molecule has 17 heavy (non-hydrogen) atoms. The van der Waals surface area contributed by atoms with Gasteiger partial charge in [-0.05, 0) is 28.4 Å². The molecular formula is C12H17BrN2O2. The second-order valence-electron chi connectivity index (χ2n) is 3.60. The number of halogens is 1. The number of carbonyl (C=O) groups is 1. The summed E-state index contributed by atoms with van der Waals surface area (Å²) in [4.78, 5) is 11.7. The van der Waals surface area contributed by atoms with Crippen LogP contribution in [0.1, 0.15) is 16.9 Å². The van der Waals surface area contributed by atoms with Crippen molar-refractivity contribution in [2.24, 2.45) is 7.05 Å². The highest BCUT2D eigenvalue weighted by Gasteiger charge is 2.09. The highest BCUT2D eigenvalue weighted by molar-refractivity contribution is 9.10. The first-order valence-corrected chi connectivity index (χ1v) is 6.23. The van der Waals surface area contributed by atoms with Crippen molar-refractivity contribution in [3.8, 4) is 0 Å². The Labute approximate surface area is 110 Å². The number of ether oxygens (including phenoxy) is 1. The minimum atomic E-state index is -0.0921. The van der Waals surface area contributed by atoms with Crippen molar-refractivity contribution in [1.29, 1.82) is 0 Å². The van der Waals surface area contributed by atoms with E-state index in [0.29, 0.717) is 25.5 Å². The molecule has 0 atom stereocenters. The lowest BCUT2D eigenvalue weighted by atomic mass is 10.4. The summed E-state index contributed by atoms with van der Waals surface area (Å²) in [5.41, 5.74) is 0.628. The summed E-state index contributed by atoms with van der Waals surface area (Å²) in [5.74, 6) is -0.0921. The molecule has 0 aliphatic heterocycles. The van der Waals surface area contributed by atoms with Crippen molar-refractivity contribution in [1.82, 2.24) is 9.88 Å². The molecule has 0 aromatic carbocycles. The van der Waals surface area contributed by atoms with Gasteiger partial charge in [0.2, 0.25) is 0 Å². The van der Waals surface area contributed by atoms with Crippen molar-refractivity contribution in [2.45, 2.75) is 6.42 Å². The maximum absolute atomic E-state index is 11.7. The van der Waals surface area contributed by atoms with Crippen LogP contribution in [0.15, 0.2) is 29.4 Å². The summed E-state index contributed by atoms with van der Waals surface area (Å²) in [5, 5.41) is 2.80. The van der Waals surface area contributed by atoms with Crippen molar-refractivity contribution in [3.63, 3.8) is 0 Å². The molecule has 94 valence electrons. The van der Waals surface area contributed by atoms with Crippen LogP contribution in [0.5, 0.6) is 0 Å². The van der Waals surface area contributed by atoms with Crippen LogP contribution in [0.2, 0.25) is 0 Å². The molecule has 0 aliphatic carbocycles. The Hall–Kier alpha value is -1.07. The number of carbonyl (C=O) groups excluding carboxylic acids is 1. The fourth-order valence-electron chi connectivity index (χ4n) is 1.35. The maximum Gasteiger partial charge on any atom is 0.268 e. The molecule has 0 unspecified atom stereocenters. The fraction of sp³-hybridized carbons (Fsp3) is 0.417. The zero-order chi connectivity index (χ0) is 12.7. The Bertz CT molecular complexity index is 388. The third-order valence-corrected chi connectivity index (χ3v) is 2.64. The Morgan fingerprint density at radius 2 is 2.41 bits per heavy atom. The molecule has 1 aromatic rings. The van der Waals surface area contributed by atoms with E-state index in [9.17, 15) is 4.79 Å². The van der Waals surface area contributed by atoms with E-state index in [4.69, 9.17) is 4.74 Å². The lowest BCUT2D eigenvalue weighted by Crippen LogP contribution is -2.28. The molecule has 0 saturated heterocycles. The number of hydrogen-bond donors (Lipinski definition) is 1. The number of aryl methyl sites for hydroxylation is 1.